The molecule has 1 aliphatic heterocycles. The third kappa shape index (κ3) is 6.01. The minimum Gasteiger partial charge on any atom is -0.480 e. The van der Waals surface area contributed by atoms with E-state index in [0.29, 0.717) is 19.0 Å². The van der Waals surface area contributed by atoms with E-state index >= 15 is 0 Å². The molecule has 1 fully saturated rings. The highest BCUT2D eigenvalue weighted by molar-refractivity contribution is 5.83. The molecular weight excluding hydrogens is 276 g/mol. The second-order valence-corrected chi connectivity index (χ2v) is 5.38. The molecule has 2 N–H and O–H groups in total. The van der Waals surface area contributed by atoms with Gasteiger partial charge in [-0.05, 0) is 32.1 Å². The fraction of sp³-hybridized carbons (Fsp3) is 0.786. The zero-order chi connectivity index (χ0) is 15.8. The van der Waals surface area contributed by atoms with Crippen molar-refractivity contribution in [2.45, 2.75) is 45.6 Å². The number of carboxylic acid groups (broad SMARTS) is 1. The van der Waals surface area contributed by atoms with Gasteiger partial charge >= 0.3 is 18.0 Å². The van der Waals surface area contributed by atoms with Crippen LogP contribution in [-0.4, -0.2) is 53.7 Å². The van der Waals surface area contributed by atoms with Gasteiger partial charge in [0.05, 0.1) is 6.61 Å². The number of esters is 1. The van der Waals surface area contributed by atoms with Crippen molar-refractivity contribution in [2.24, 2.45) is 5.92 Å². The summed E-state index contributed by atoms with van der Waals surface area (Å²) in [4.78, 5) is 36.1. The Morgan fingerprint density at radius 1 is 1.43 bits per heavy atom. The molecule has 120 valence electrons. The van der Waals surface area contributed by atoms with Crippen molar-refractivity contribution in [2.75, 3.05) is 19.7 Å². The number of likely N-dealkylation sites (tertiary alicyclic amines) is 1. The number of hydrogen-bond donors (Lipinski definition) is 2. The minimum atomic E-state index is -1.14. The van der Waals surface area contributed by atoms with E-state index in [4.69, 9.17) is 9.84 Å². The molecule has 7 heteroatoms. The van der Waals surface area contributed by atoms with Crippen LogP contribution in [0.3, 0.4) is 0 Å². The van der Waals surface area contributed by atoms with Gasteiger partial charge in [-0.15, -0.1) is 0 Å². The van der Waals surface area contributed by atoms with E-state index in [1.54, 1.807) is 11.8 Å². The number of piperidine rings is 1. The van der Waals surface area contributed by atoms with Crippen LogP contribution in [0, 0.1) is 5.92 Å². The summed E-state index contributed by atoms with van der Waals surface area (Å²) in [6, 6.07) is -1.45. The van der Waals surface area contributed by atoms with Crippen LogP contribution in [0.2, 0.25) is 0 Å². The largest absolute Gasteiger partial charge is 0.480 e. The number of carbonyl (C=O) groups is 3. The molecule has 1 heterocycles. The Kier molecular flexibility index (Phi) is 6.98. The Hall–Kier alpha value is -1.79. The van der Waals surface area contributed by atoms with Crippen molar-refractivity contribution in [1.29, 1.82) is 0 Å². The summed E-state index contributed by atoms with van der Waals surface area (Å²) >= 11 is 0. The average Bonchev–Trinajstić information content (AvgIpc) is 2.43. The van der Waals surface area contributed by atoms with Gasteiger partial charge in [0, 0.05) is 19.5 Å². The first-order chi connectivity index (χ1) is 9.93. The van der Waals surface area contributed by atoms with Crippen molar-refractivity contribution >= 4 is 18.0 Å². The van der Waals surface area contributed by atoms with Gasteiger partial charge in [0.2, 0.25) is 0 Å². The van der Waals surface area contributed by atoms with Crippen LogP contribution >= 0.6 is 0 Å². The third-order valence-electron chi connectivity index (χ3n) is 3.48. The van der Waals surface area contributed by atoms with Gasteiger partial charge in [0.1, 0.15) is 6.04 Å². The van der Waals surface area contributed by atoms with E-state index in [9.17, 15) is 14.4 Å². The number of aliphatic carboxylic acids is 1. The maximum atomic E-state index is 12.1. The topological polar surface area (TPSA) is 95.9 Å². The molecule has 1 saturated heterocycles. The first-order valence-electron chi connectivity index (χ1n) is 7.37. The first kappa shape index (κ1) is 17.3. The van der Waals surface area contributed by atoms with Crippen molar-refractivity contribution in [3.8, 4) is 0 Å². The van der Waals surface area contributed by atoms with Crippen molar-refractivity contribution in [3.05, 3.63) is 0 Å². The second-order valence-electron chi connectivity index (χ2n) is 5.38. The lowest BCUT2D eigenvalue weighted by atomic mass is 10.0. The molecule has 0 radical (unpaired) electrons. The summed E-state index contributed by atoms with van der Waals surface area (Å²) < 4.78 is 4.75. The number of hydrogen-bond acceptors (Lipinski definition) is 4. The highest BCUT2D eigenvalue weighted by atomic mass is 16.5. The van der Waals surface area contributed by atoms with Gasteiger partial charge in [-0.25, -0.2) is 9.59 Å². The average molecular weight is 300 g/mol. The molecule has 1 unspecified atom stereocenters. The highest BCUT2D eigenvalue weighted by Crippen LogP contribution is 2.15. The van der Waals surface area contributed by atoms with E-state index in [2.05, 4.69) is 12.2 Å². The van der Waals surface area contributed by atoms with Gasteiger partial charge < -0.3 is 20.1 Å². The van der Waals surface area contributed by atoms with E-state index in [-0.39, 0.29) is 25.5 Å². The van der Waals surface area contributed by atoms with Crippen LogP contribution in [0.4, 0.5) is 4.79 Å². The van der Waals surface area contributed by atoms with Crippen molar-refractivity contribution in [1.82, 2.24) is 10.2 Å². The molecule has 0 saturated carbocycles. The Bertz CT molecular complexity index is 386. The summed E-state index contributed by atoms with van der Waals surface area (Å²) in [5.74, 6) is -1.17. The van der Waals surface area contributed by atoms with Gasteiger partial charge in [-0.1, -0.05) is 6.92 Å². The molecule has 1 aliphatic rings. The summed E-state index contributed by atoms with van der Waals surface area (Å²) in [5.41, 5.74) is 0. The summed E-state index contributed by atoms with van der Waals surface area (Å²) in [6.07, 6.45) is 2.01. The maximum absolute atomic E-state index is 12.1. The number of carbonyl (C=O) groups excluding carboxylic acids is 2. The van der Waals surface area contributed by atoms with Crippen molar-refractivity contribution < 1.29 is 24.2 Å². The Balaban J connectivity index is 2.47. The molecule has 7 nitrogen and oxygen atoms in total. The number of carboxylic acids is 1. The molecule has 0 spiro atoms. The number of urea groups is 1. The van der Waals surface area contributed by atoms with Gasteiger partial charge in [0.25, 0.3) is 0 Å². The van der Waals surface area contributed by atoms with Crippen LogP contribution in [0.25, 0.3) is 0 Å². The zero-order valence-electron chi connectivity index (χ0n) is 12.6. The van der Waals surface area contributed by atoms with E-state index in [0.717, 1.165) is 12.8 Å². The normalized spacial score (nSPS) is 19.7. The number of nitrogens with one attached hydrogen (secondary N) is 1. The van der Waals surface area contributed by atoms with Crippen LogP contribution in [0.1, 0.15) is 39.5 Å². The predicted octanol–water partition coefficient (Wildman–Crippen LogP) is 1.22. The molecule has 21 heavy (non-hydrogen) atoms. The molecule has 0 aromatic rings. The summed E-state index contributed by atoms with van der Waals surface area (Å²) in [7, 11) is 0. The summed E-state index contributed by atoms with van der Waals surface area (Å²) in [5, 5.41) is 11.6. The van der Waals surface area contributed by atoms with Crippen LogP contribution in [0.15, 0.2) is 0 Å². The molecule has 2 atom stereocenters. The Morgan fingerprint density at radius 2 is 2.14 bits per heavy atom. The van der Waals surface area contributed by atoms with Gasteiger partial charge in [-0.3, -0.25) is 4.79 Å². The SMILES string of the molecule is CCOC(=O)CC[C@H](NC(=O)N1CCCC(C)C1)C(=O)O. The second kappa shape index (κ2) is 8.49. The lowest BCUT2D eigenvalue weighted by Crippen LogP contribution is -2.50. The summed E-state index contributed by atoms with van der Waals surface area (Å²) in [6.45, 7) is 5.28. The first-order valence-corrected chi connectivity index (χ1v) is 7.37. The van der Waals surface area contributed by atoms with Gasteiger partial charge in [0.15, 0.2) is 0 Å². The highest BCUT2D eigenvalue weighted by Gasteiger charge is 2.26. The molecule has 2 amide bonds. The molecular formula is C14H24N2O5. The minimum absolute atomic E-state index is 0.0263. The monoisotopic (exact) mass is 300 g/mol. The fourth-order valence-electron chi connectivity index (χ4n) is 2.37. The third-order valence-corrected chi connectivity index (χ3v) is 3.48. The molecule has 0 aliphatic carbocycles. The van der Waals surface area contributed by atoms with Gasteiger partial charge in [-0.2, -0.15) is 0 Å². The quantitative estimate of drug-likeness (QED) is 0.719. The van der Waals surface area contributed by atoms with E-state index in [1.165, 1.54) is 0 Å². The lowest BCUT2D eigenvalue weighted by molar-refractivity contribution is -0.144. The Morgan fingerprint density at radius 3 is 2.71 bits per heavy atom. The van der Waals surface area contributed by atoms with E-state index < -0.39 is 18.0 Å². The zero-order valence-corrected chi connectivity index (χ0v) is 12.6. The molecule has 0 aromatic carbocycles. The smallest absolute Gasteiger partial charge is 0.326 e. The lowest BCUT2D eigenvalue weighted by Gasteiger charge is -2.31. The van der Waals surface area contributed by atoms with Crippen LogP contribution in [0.5, 0.6) is 0 Å². The van der Waals surface area contributed by atoms with Crippen LogP contribution < -0.4 is 5.32 Å². The Labute approximate surface area is 124 Å². The number of rotatable bonds is 6. The standard InChI is InChI=1S/C14H24N2O5/c1-3-21-12(17)7-6-11(13(18)19)15-14(20)16-8-4-5-10(2)9-16/h10-11H,3-9H2,1-2H3,(H,15,20)(H,18,19)/t10?,11-/m0/s1. The number of nitrogens with zero attached hydrogens (tertiary/aromatic N) is 1. The predicted molar refractivity (Wildman–Crippen MR) is 75.8 cm³/mol. The van der Waals surface area contributed by atoms with E-state index in [1.807, 2.05) is 0 Å². The molecule has 0 bridgehead atoms. The number of ether oxygens (including phenoxy) is 1. The van der Waals surface area contributed by atoms with Crippen LogP contribution in [-0.2, 0) is 14.3 Å². The molecule has 0 aromatic heterocycles. The fourth-order valence-corrected chi connectivity index (χ4v) is 2.37. The molecule has 1 rings (SSSR count). The number of amides is 2. The maximum Gasteiger partial charge on any atom is 0.326 e. The van der Waals surface area contributed by atoms with Crippen molar-refractivity contribution in [3.63, 3.8) is 0 Å².